The summed E-state index contributed by atoms with van der Waals surface area (Å²) in [5.74, 6) is 2.79. The van der Waals surface area contributed by atoms with Gasteiger partial charge in [0.2, 0.25) is 0 Å². The normalized spacial score (nSPS) is 49.5. The van der Waals surface area contributed by atoms with Crippen LogP contribution in [0.5, 0.6) is 0 Å². The SMILES string of the molecule is CC1COCCN1CC(O)C12CC3CC(CC(C3)C1)C2. The van der Waals surface area contributed by atoms with Gasteiger partial charge in [-0.25, -0.2) is 0 Å². The van der Waals surface area contributed by atoms with Crippen LogP contribution in [0.15, 0.2) is 0 Å². The third-order valence-corrected chi connectivity index (χ3v) is 6.71. The number of aliphatic hydroxyl groups is 1. The second kappa shape index (κ2) is 4.96. The Morgan fingerprint density at radius 2 is 1.75 bits per heavy atom. The Labute approximate surface area is 122 Å². The molecule has 4 bridgehead atoms. The highest BCUT2D eigenvalue weighted by atomic mass is 16.5. The van der Waals surface area contributed by atoms with Gasteiger partial charge in [0.15, 0.2) is 0 Å². The molecule has 0 amide bonds. The first-order chi connectivity index (χ1) is 9.64. The summed E-state index contributed by atoms with van der Waals surface area (Å²) in [6.45, 7) is 5.75. The number of rotatable bonds is 3. The molecule has 2 unspecified atom stereocenters. The monoisotopic (exact) mass is 279 g/mol. The highest BCUT2D eigenvalue weighted by Crippen LogP contribution is 2.61. The second-order valence-electron chi connectivity index (χ2n) is 8.21. The van der Waals surface area contributed by atoms with Gasteiger partial charge in [-0.3, -0.25) is 4.90 Å². The molecule has 1 heterocycles. The Balaban J connectivity index is 1.46. The average Bonchev–Trinajstić information content (AvgIpc) is 2.40. The van der Waals surface area contributed by atoms with Crippen molar-refractivity contribution < 1.29 is 9.84 Å². The number of hydrogen-bond acceptors (Lipinski definition) is 3. The first-order valence-electron chi connectivity index (χ1n) is 8.64. The number of aliphatic hydroxyl groups excluding tert-OH is 1. The molecule has 0 aromatic heterocycles. The first kappa shape index (κ1) is 13.5. The van der Waals surface area contributed by atoms with Crippen LogP contribution in [0.4, 0.5) is 0 Å². The molecule has 20 heavy (non-hydrogen) atoms. The van der Waals surface area contributed by atoms with Crippen molar-refractivity contribution in [3.8, 4) is 0 Å². The van der Waals surface area contributed by atoms with E-state index >= 15 is 0 Å². The molecule has 4 saturated carbocycles. The standard InChI is InChI=1S/C17H29NO2/c1-12-11-20-3-2-18(12)10-16(19)17-7-13-4-14(8-17)6-15(5-13)9-17/h12-16,19H,2-11H2,1H3. The van der Waals surface area contributed by atoms with Crippen LogP contribution in [0.25, 0.3) is 0 Å². The maximum Gasteiger partial charge on any atom is 0.0723 e. The second-order valence-corrected chi connectivity index (χ2v) is 8.21. The summed E-state index contributed by atoms with van der Waals surface area (Å²) < 4.78 is 5.52. The van der Waals surface area contributed by atoms with Crippen LogP contribution in [0.2, 0.25) is 0 Å². The highest BCUT2D eigenvalue weighted by Gasteiger charge is 2.54. The van der Waals surface area contributed by atoms with Crippen LogP contribution in [0.3, 0.4) is 0 Å². The fraction of sp³-hybridized carbons (Fsp3) is 1.00. The van der Waals surface area contributed by atoms with Gasteiger partial charge in [0.25, 0.3) is 0 Å². The van der Waals surface area contributed by atoms with E-state index in [0.29, 0.717) is 6.04 Å². The Kier molecular flexibility index (Phi) is 3.36. The number of morpholine rings is 1. The molecular formula is C17H29NO2. The third kappa shape index (κ3) is 2.22. The molecule has 0 radical (unpaired) electrons. The average molecular weight is 279 g/mol. The van der Waals surface area contributed by atoms with Crippen molar-refractivity contribution in [2.24, 2.45) is 23.2 Å². The van der Waals surface area contributed by atoms with Crippen LogP contribution in [-0.2, 0) is 4.74 Å². The lowest BCUT2D eigenvalue weighted by atomic mass is 9.48. The van der Waals surface area contributed by atoms with Crippen LogP contribution in [0, 0.1) is 23.2 Å². The Morgan fingerprint density at radius 1 is 1.15 bits per heavy atom. The van der Waals surface area contributed by atoms with E-state index in [9.17, 15) is 5.11 Å². The summed E-state index contributed by atoms with van der Waals surface area (Å²) in [5.41, 5.74) is 0.271. The molecular weight excluding hydrogens is 250 g/mol. The topological polar surface area (TPSA) is 32.7 Å². The fourth-order valence-electron chi connectivity index (χ4n) is 6.03. The van der Waals surface area contributed by atoms with Gasteiger partial charge in [0.1, 0.15) is 0 Å². The lowest BCUT2D eigenvalue weighted by Crippen LogP contribution is -2.56. The number of ether oxygens (including phenoxy) is 1. The number of β-amino-alcohol motifs (C(OH)–C–C–N with tert-alkyl or cyclic N) is 1. The van der Waals surface area contributed by atoms with E-state index in [1.807, 2.05) is 0 Å². The van der Waals surface area contributed by atoms with Crippen LogP contribution < -0.4 is 0 Å². The van der Waals surface area contributed by atoms with Crippen molar-refractivity contribution in [3.05, 3.63) is 0 Å². The summed E-state index contributed by atoms with van der Waals surface area (Å²) in [5, 5.41) is 11.0. The van der Waals surface area contributed by atoms with Crippen molar-refractivity contribution in [1.29, 1.82) is 0 Å². The van der Waals surface area contributed by atoms with E-state index in [1.54, 1.807) is 0 Å². The van der Waals surface area contributed by atoms with E-state index < -0.39 is 0 Å². The molecule has 5 fully saturated rings. The molecule has 1 aliphatic heterocycles. The van der Waals surface area contributed by atoms with E-state index in [-0.39, 0.29) is 11.5 Å². The molecule has 1 saturated heterocycles. The predicted octanol–water partition coefficient (Wildman–Crippen LogP) is 2.28. The van der Waals surface area contributed by atoms with E-state index in [1.165, 1.54) is 38.5 Å². The maximum atomic E-state index is 11.0. The summed E-state index contributed by atoms with van der Waals surface area (Å²) in [7, 11) is 0. The molecule has 5 aliphatic rings. The van der Waals surface area contributed by atoms with Crippen LogP contribution in [-0.4, -0.2) is 48.5 Å². The minimum atomic E-state index is -0.114. The number of nitrogens with zero attached hydrogens (tertiary/aromatic N) is 1. The molecule has 2 atom stereocenters. The van der Waals surface area contributed by atoms with Gasteiger partial charge in [-0.15, -0.1) is 0 Å². The zero-order valence-corrected chi connectivity index (χ0v) is 12.8. The van der Waals surface area contributed by atoms with Gasteiger partial charge in [-0.05, 0) is 68.6 Å². The lowest BCUT2D eigenvalue weighted by Gasteiger charge is -2.59. The quantitative estimate of drug-likeness (QED) is 0.860. The molecule has 114 valence electrons. The summed E-state index contributed by atoms with van der Waals surface area (Å²) in [4.78, 5) is 2.45. The van der Waals surface area contributed by atoms with E-state index in [0.717, 1.165) is 44.1 Å². The summed E-state index contributed by atoms with van der Waals surface area (Å²) in [6, 6.07) is 0.465. The van der Waals surface area contributed by atoms with Crippen molar-refractivity contribution in [3.63, 3.8) is 0 Å². The minimum Gasteiger partial charge on any atom is -0.391 e. The van der Waals surface area contributed by atoms with Gasteiger partial charge in [0, 0.05) is 19.1 Å². The molecule has 0 aromatic rings. The van der Waals surface area contributed by atoms with Gasteiger partial charge >= 0.3 is 0 Å². The van der Waals surface area contributed by atoms with Crippen LogP contribution in [0.1, 0.15) is 45.4 Å². The molecule has 1 N–H and O–H groups in total. The smallest absolute Gasteiger partial charge is 0.0723 e. The van der Waals surface area contributed by atoms with Crippen LogP contribution >= 0.6 is 0 Å². The fourth-order valence-corrected chi connectivity index (χ4v) is 6.03. The van der Waals surface area contributed by atoms with Gasteiger partial charge in [0.05, 0.1) is 19.3 Å². The maximum absolute atomic E-state index is 11.0. The van der Waals surface area contributed by atoms with Crippen molar-refractivity contribution in [1.82, 2.24) is 4.90 Å². The summed E-state index contributed by atoms with van der Waals surface area (Å²) in [6.07, 6.45) is 8.17. The molecule has 0 aromatic carbocycles. The summed E-state index contributed by atoms with van der Waals surface area (Å²) >= 11 is 0. The van der Waals surface area contributed by atoms with Gasteiger partial charge in [-0.1, -0.05) is 0 Å². The minimum absolute atomic E-state index is 0.114. The van der Waals surface area contributed by atoms with E-state index in [2.05, 4.69) is 11.8 Å². The molecule has 4 aliphatic carbocycles. The van der Waals surface area contributed by atoms with Crippen molar-refractivity contribution in [2.45, 2.75) is 57.6 Å². The zero-order chi connectivity index (χ0) is 13.7. The highest BCUT2D eigenvalue weighted by molar-refractivity contribution is 5.05. The van der Waals surface area contributed by atoms with Gasteiger partial charge < -0.3 is 9.84 Å². The predicted molar refractivity (Wildman–Crippen MR) is 78.5 cm³/mol. The molecule has 5 rings (SSSR count). The zero-order valence-electron chi connectivity index (χ0n) is 12.8. The van der Waals surface area contributed by atoms with Crippen molar-refractivity contribution in [2.75, 3.05) is 26.3 Å². The van der Waals surface area contributed by atoms with Crippen molar-refractivity contribution >= 4 is 0 Å². The Bertz CT molecular complexity index is 335. The Morgan fingerprint density at radius 3 is 2.30 bits per heavy atom. The lowest BCUT2D eigenvalue weighted by molar-refractivity contribution is -0.134. The Hall–Kier alpha value is -0.120. The van der Waals surface area contributed by atoms with Gasteiger partial charge in [-0.2, -0.15) is 0 Å². The molecule has 3 heteroatoms. The first-order valence-corrected chi connectivity index (χ1v) is 8.64. The number of hydrogen-bond donors (Lipinski definition) is 1. The largest absolute Gasteiger partial charge is 0.391 e. The molecule has 3 nitrogen and oxygen atoms in total. The molecule has 0 spiro atoms. The van der Waals surface area contributed by atoms with E-state index in [4.69, 9.17) is 4.74 Å². The third-order valence-electron chi connectivity index (χ3n) is 6.71.